The van der Waals surface area contributed by atoms with Gasteiger partial charge in [0.2, 0.25) is 12.3 Å². The highest BCUT2D eigenvalue weighted by Gasteiger charge is 2.35. The summed E-state index contributed by atoms with van der Waals surface area (Å²) < 4.78 is 20.9. The van der Waals surface area contributed by atoms with Crippen molar-refractivity contribution in [2.75, 3.05) is 33.0 Å². The van der Waals surface area contributed by atoms with E-state index in [1.165, 1.54) is 18.2 Å². The van der Waals surface area contributed by atoms with Crippen molar-refractivity contribution in [2.45, 2.75) is 104 Å². The first-order valence-electron chi connectivity index (χ1n) is 20.0. The molecule has 1 aromatic heterocycles. The number of hydrogen-bond donors (Lipinski definition) is 4. The van der Waals surface area contributed by atoms with Crippen LogP contribution in [0.3, 0.4) is 0 Å². The van der Waals surface area contributed by atoms with Gasteiger partial charge in [0.05, 0.1) is 49.7 Å². The number of carbonyl (C=O) groups excluding carboxylic acids is 7. The van der Waals surface area contributed by atoms with Crippen molar-refractivity contribution in [3.05, 3.63) is 41.7 Å². The molecule has 4 amide bonds. The fourth-order valence-electron chi connectivity index (χ4n) is 6.41. The molecule has 1 fully saturated rings. The van der Waals surface area contributed by atoms with Crippen molar-refractivity contribution in [1.29, 1.82) is 0 Å². The van der Waals surface area contributed by atoms with Crippen LogP contribution in [0, 0.1) is 11.8 Å². The van der Waals surface area contributed by atoms with Gasteiger partial charge in [0.1, 0.15) is 17.6 Å². The number of esters is 1. The molecule has 2 aromatic rings. The largest absolute Gasteiger partial charge is 0.542 e. The van der Waals surface area contributed by atoms with Crippen LogP contribution in [-0.2, 0) is 38.2 Å². The number of hydrogen-bond acceptors (Lipinski definition) is 13. The second-order valence-electron chi connectivity index (χ2n) is 13.8. The van der Waals surface area contributed by atoms with Gasteiger partial charge in [0.25, 0.3) is 11.8 Å². The number of ether oxygens (including phenoxy) is 2. The zero-order chi connectivity index (χ0) is 42.5. The van der Waals surface area contributed by atoms with Crippen molar-refractivity contribution in [1.82, 2.24) is 26.3 Å². The Balaban J connectivity index is 1.67. The van der Waals surface area contributed by atoms with Gasteiger partial charge in [-0.25, -0.2) is 4.79 Å². The van der Waals surface area contributed by atoms with Gasteiger partial charge in [-0.15, -0.1) is 0 Å². The van der Waals surface area contributed by atoms with E-state index in [1.807, 2.05) is 20.8 Å². The molecule has 316 valence electrons. The topological polar surface area (TPSA) is 221 Å². The lowest BCUT2D eigenvalue weighted by Gasteiger charge is -2.33. The third-order valence-electron chi connectivity index (χ3n) is 9.63. The highest BCUT2D eigenvalue weighted by atomic mass is 16.7. The normalized spacial score (nSPS) is 14.2. The maximum atomic E-state index is 13.5. The number of nitrogens with one attached hydrogen (secondary N) is 4. The van der Waals surface area contributed by atoms with Crippen LogP contribution in [0.25, 0.3) is 11.3 Å². The average Bonchev–Trinajstić information content (AvgIpc) is 3.73. The van der Waals surface area contributed by atoms with Crippen LogP contribution in [0.15, 0.2) is 34.7 Å². The molecule has 4 N–H and O–H groups in total. The van der Waals surface area contributed by atoms with E-state index in [-0.39, 0.29) is 48.6 Å². The molecule has 18 heteroatoms. The van der Waals surface area contributed by atoms with E-state index in [9.17, 15) is 33.6 Å². The van der Waals surface area contributed by atoms with Crippen LogP contribution < -0.4 is 26.0 Å². The first-order chi connectivity index (χ1) is 28.0. The van der Waals surface area contributed by atoms with Gasteiger partial charge in [-0.3, -0.25) is 28.8 Å². The summed E-state index contributed by atoms with van der Waals surface area (Å²) in [5.74, 6) is -4.78. The van der Waals surface area contributed by atoms with Gasteiger partial charge < -0.3 is 44.6 Å². The molecule has 1 aliphatic heterocycles. The number of hydroxylamine groups is 2. The Morgan fingerprint density at radius 2 is 1.71 bits per heavy atom. The Kier molecular flexibility index (Phi) is 20.3. The second kappa shape index (κ2) is 25.1. The SMILES string of the molecule is [B]OC(=O)[C@H](CC(=O)OCCCC)NC(=O)c1ccc(-c2ccc(C(=O)NCNC(=O)[C@H](CCCCC)[C@@H](CC)N(C=O)OC(=O)C3CCNCC3)o2)cc1OCC. The molecule has 1 saturated heterocycles. The average molecular weight is 810 g/mol. The summed E-state index contributed by atoms with van der Waals surface area (Å²) in [6.07, 6.45) is 5.82. The number of nitrogens with zero attached hydrogens (tertiary/aromatic N) is 1. The van der Waals surface area contributed by atoms with Crippen molar-refractivity contribution in [2.24, 2.45) is 11.8 Å². The Morgan fingerprint density at radius 3 is 2.36 bits per heavy atom. The van der Waals surface area contributed by atoms with Gasteiger partial charge in [0, 0.05) is 5.56 Å². The number of rotatable bonds is 25. The molecule has 0 aliphatic carbocycles. The van der Waals surface area contributed by atoms with E-state index >= 15 is 0 Å². The molecule has 0 unspecified atom stereocenters. The lowest BCUT2D eigenvalue weighted by Crippen LogP contribution is -2.49. The van der Waals surface area contributed by atoms with E-state index in [1.54, 1.807) is 19.1 Å². The van der Waals surface area contributed by atoms with Crippen molar-refractivity contribution in [3.63, 3.8) is 0 Å². The van der Waals surface area contributed by atoms with E-state index in [0.29, 0.717) is 63.6 Å². The fraction of sp³-hybridized carbons (Fsp3) is 0.575. The predicted molar refractivity (Wildman–Crippen MR) is 211 cm³/mol. The monoisotopic (exact) mass is 809 g/mol. The molecule has 1 aromatic carbocycles. The third-order valence-corrected chi connectivity index (χ3v) is 9.63. The van der Waals surface area contributed by atoms with E-state index < -0.39 is 60.1 Å². The summed E-state index contributed by atoms with van der Waals surface area (Å²) in [5.41, 5.74) is 0.487. The molecule has 0 spiro atoms. The molecule has 3 rings (SSSR count). The predicted octanol–water partition coefficient (Wildman–Crippen LogP) is 3.50. The minimum Gasteiger partial charge on any atom is -0.542 e. The van der Waals surface area contributed by atoms with Crippen LogP contribution in [-0.4, -0.2) is 100 Å². The van der Waals surface area contributed by atoms with Gasteiger partial charge in [-0.2, -0.15) is 5.06 Å². The van der Waals surface area contributed by atoms with E-state index in [2.05, 4.69) is 25.9 Å². The van der Waals surface area contributed by atoms with Crippen LogP contribution in [0.5, 0.6) is 5.75 Å². The van der Waals surface area contributed by atoms with Crippen LogP contribution >= 0.6 is 0 Å². The van der Waals surface area contributed by atoms with Crippen molar-refractivity contribution in [3.8, 4) is 17.1 Å². The Morgan fingerprint density at radius 1 is 0.966 bits per heavy atom. The molecular weight excluding hydrogens is 753 g/mol. The quantitative estimate of drug-likeness (QED) is 0.0282. The first-order valence-corrected chi connectivity index (χ1v) is 20.0. The number of amides is 4. The fourth-order valence-corrected chi connectivity index (χ4v) is 6.41. The van der Waals surface area contributed by atoms with Crippen molar-refractivity contribution >= 4 is 50.1 Å². The minimum absolute atomic E-state index is 0.0366. The van der Waals surface area contributed by atoms with E-state index in [0.717, 1.165) is 24.3 Å². The summed E-state index contributed by atoms with van der Waals surface area (Å²) in [4.78, 5) is 95.0. The summed E-state index contributed by atoms with van der Waals surface area (Å²) in [7, 11) is 5.04. The molecule has 3 atom stereocenters. The zero-order valence-corrected chi connectivity index (χ0v) is 33.8. The number of piperidine rings is 1. The van der Waals surface area contributed by atoms with Crippen LogP contribution in [0.1, 0.15) is 113 Å². The molecule has 17 nitrogen and oxygen atoms in total. The summed E-state index contributed by atoms with van der Waals surface area (Å²) in [6, 6.07) is 5.34. The number of benzene rings is 1. The molecule has 2 heterocycles. The van der Waals surface area contributed by atoms with Crippen LogP contribution in [0.2, 0.25) is 0 Å². The number of furan rings is 1. The minimum atomic E-state index is -1.42. The molecule has 1 aliphatic rings. The lowest BCUT2D eigenvalue weighted by atomic mass is 9.90. The summed E-state index contributed by atoms with van der Waals surface area (Å²) >= 11 is 0. The van der Waals surface area contributed by atoms with E-state index in [4.69, 9.17) is 26.8 Å². The molecular formula is C40H56BN5O12. The smallest absolute Gasteiger partial charge is 0.378 e. The Labute approximate surface area is 340 Å². The summed E-state index contributed by atoms with van der Waals surface area (Å²) in [5, 5.41) is 11.9. The standard InChI is InChI=1S/C40H56BN5O12/c1-5-9-11-12-28(31(7-3)46(25-47)58-39(52)26-17-19-42-20-18-26)36(49)43-24-44-38(51)33-16-15-32(56-33)27-13-14-29(34(22-27)54-8-4)37(50)45-30(40(53)57-41)23-35(48)55-21-10-6-2/h13-16,22,25-26,28,30-31,42H,5-12,17-21,23-24H2,1-4H3,(H,43,49)(H,44,51)(H,45,50)/t28-,30+,31-/m1/s1. The zero-order valence-electron chi connectivity index (χ0n) is 33.8. The van der Waals surface area contributed by atoms with Crippen molar-refractivity contribution < 1.29 is 56.9 Å². The second-order valence-corrected chi connectivity index (χ2v) is 13.8. The molecule has 0 bridgehead atoms. The first kappa shape index (κ1) is 47.0. The number of unbranched alkanes of at least 4 members (excludes halogenated alkanes) is 3. The van der Waals surface area contributed by atoms with Gasteiger partial charge in [-0.1, -0.05) is 52.5 Å². The maximum Gasteiger partial charge on any atom is 0.378 e. The Bertz CT molecular complexity index is 1680. The lowest BCUT2D eigenvalue weighted by molar-refractivity contribution is -0.208. The van der Waals surface area contributed by atoms with Crippen LogP contribution in [0.4, 0.5) is 0 Å². The highest BCUT2D eigenvalue weighted by Crippen LogP contribution is 2.30. The molecule has 0 saturated carbocycles. The van der Waals surface area contributed by atoms with Gasteiger partial charge in [0.15, 0.2) is 5.76 Å². The van der Waals surface area contributed by atoms with Gasteiger partial charge in [-0.05, 0) is 76.4 Å². The molecule has 2 radical (unpaired) electrons. The Hall–Kier alpha value is -5.39. The molecule has 58 heavy (non-hydrogen) atoms. The third kappa shape index (κ3) is 14.2. The number of carbonyl (C=O) groups is 7. The maximum absolute atomic E-state index is 13.5. The van der Waals surface area contributed by atoms with Gasteiger partial charge >= 0.3 is 26.0 Å². The highest BCUT2D eigenvalue weighted by molar-refractivity contribution is 6.08. The summed E-state index contributed by atoms with van der Waals surface area (Å²) in [6.45, 7) is 8.91.